The highest BCUT2D eigenvalue weighted by atomic mass is 32.2. The van der Waals surface area contributed by atoms with E-state index in [2.05, 4.69) is 29.4 Å². The Morgan fingerprint density at radius 3 is 2.48 bits per heavy atom. The van der Waals surface area contributed by atoms with Crippen LogP contribution >= 0.6 is 0 Å². The van der Waals surface area contributed by atoms with Crippen molar-refractivity contribution in [3.05, 3.63) is 29.8 Å². The topological polar surface area (TPSA) is 75.7 Å². The van der Waals surface area contributed by atoms with Crippen molar-refractivity contribution in [3.8, 4) is 5.75 Å². The highest BCUT2D eigenvalue weighted by Gasteiger charge is 2.31. The molecule has 1 saturated carbocycles. The van der Waals surface area contributed by atoms with Crippen LogP contribution in [0.5, 0.6) is 5.75 Å². The number of carbonyl (C=O) groups excluding carboxylic acids is 1. The summed E-state index contributed by atoms with van der Waals surface area (Å²) in [6.07, 6.45) is 5.68. The number of amides is 1. The van der Waals surface area contributed by atoms with E-state index in [4.69, 9.17) is 4.74 Å². The van der Waals surface area contributed by atoms with Gasteiger partial charge in [-0.25, -0.2) is 8.42 Å². The van der Waals surface area contributed by atoms with Crippen molar-refractivity contribution in [2.75, 3.05) is 33.0 Å². The van der Waals surface area contributed by atoms with E-state index in [1.54, 1.807) is 7.11 Å². The lowest BCUT2D eigenvalue weighted by atomic mass is 9.85. The number of nitrogens with zero attached hydrogens (tertiary/aromatic N) is 1. The van der Waals surface area contributed by atoms with Crippen molar-refractivity contribution in [1.29, 1.82) is 0 Å². The van der Waals surface area contributed by atoms with Gasteiger partial charge in [0, 0.05) is 19.0 Å². The number of ether oxygens (including phenoxy) is 1. The fourth-order valence-electron chi connectivity index (χ4n) is 4.78. The van der Waals surface area contributed by atoms with Gasteiger partial charge in [-0.1, -0.05) is 25.0 Å². The Morgan fingerprint density at radius 2 is 1.83 bits per heavy atom. The van der Waals surface area contributed by atoms with Crippen molar-refractivity contribution in [2.24, 2.45) is 5.92 Å². The standard InChI is InChI=1S/C22H34N2O4S/c1-24-14-5-6-18(22(24)17-9-11-19(28-2)12-10-17)16-23-21(25)13-15-29(26,27)20-7-3-4-8-20/h9-12,18,20,22H,3-8,13-16H2,1-2H3,(H,23,25). The summed E-state index contributed by atoms with van der Waals surface area (Å²) in [7, 11) is 0.633. The summed E-state index contributed by atoms with van der Waals surface area (Å²) in [6.45, 7) is 1.60. The lowest BCUT2D eigenvalue weighted by Crippen LogP contribution is -2.42. The molecule has 2 unspecified atom stereocenters. The van der Waals surface area contributed by atoms with Crippen molar-refractivity contribution in [3.63, 3.8) is 0 Å². The first-order valence-electron chi connectivity index (χ1n) is 10.7. The van der Waals surface area contributed by atoms with Gasteiger partial charge in [0.25, 0.3) is 0 Å². The van der Waals surface area contributed by atoms with Crippen LogP contribution in [0.15, 0.2) is 24.3 Å². The Morgan fingerprint density at radius 1 is 1.14 bits per heavy atom. The smallest absolute Gasteiger partial charge is 0.221 e. The van der Waals surface area contributed by atoms with Gasteiger partial charge < -0.3 is 10.1 Å². The molecule has 2 aliphatic rings. The summed E-state index contributed by atoms with van der Waals surface area (Å²) in [5.74, 6) is 0.946. The molecule has 0 aromatic heterocycles. The molecule has 162 valence electrons. The van der Waals surface area contributed by atoms with Crippen molar-refractivity contribution in [1.82, 2.24) is 10.2 Å². The molecule has 1 heterocycles. The Balaban J connectivity index is 1.55. The van der Waals surface area contributed by atoms with Gasteiger partial charge in [-0.15, -0.1) is 0 Å². The van der Waals surface area contributed by atoms with Gasteiger partial charge in [-0.05, 0) is 62.9 Å². The first kappa shape index (κ1) is 22.1. The molecular formula is C22H34N2O4S. The summed E-state index contributed by atoms with van der Waals surface area (Å²) >= 11 is 0. The Labute approximate surface area is 174 Å². The van der Waals surface area contributed by atoms with E-state index >= 15 is 0 Å². The van der Waals surface area contributed by atoms with Crippen LogP contribution in [0.4, 0.5) is 0 Å². The third-order valence-electron chi connectivity index (χ3n) is 6.45. The van der Waals surface area contributed by atoms with E-state index in [1.165, 1.54) is 5.56 Å². The van der Waals surface area contributed by atoms with Gasteiger partial charge >= 0.3 is 0 Å². The van der Waals surface area contributed by atoms with Crippen LogP contribution in [0.1, 0.15) is 56.6 Å². The van der Waals surface area contributed by atoms with E-state index in [1.807, 2.05) is 12.1 Å². The van der Waals surface area contributed by atoms with Crippen LogP contribution in [0.25, 0.3) is 0 Å². The van der Waals surface area contributed by atoms with Gasteiger partial charge in [-0.2, -0.15) is 0 Å². The van der Waals surface area contributed by atoms with Crippen LogP contribution in [-0.4, -0.2) is 57.5 Å². The molecule has 0 spiro atoms. The molecule has 2 fully saturated rings. The predicted molar refractivity (Wildman–Crippen MR) is 115 cm³/mol. The molecule has 1 N–H and O–H groups in total. The Kier molecular flexibility index (Phi) is 7.57. The summed E-state index contributed by atoms with van der Waals surface area (Å²) < 4.78 is 30.0. The van der Waals surface area contributed by atoms with Gasteiger partial charge in [0.05, 0.1) is 18.1 Å². The van der Waals surface area contributed by atoms with Gasteiger partial charge in [0.1, 0.15) is 5.75 Å². The van der Waals surface area contributed by atoms with Crippen LogP contribution in [0.2, 0.25) is 0 Å². The SMILES string of the molecule is COc1ccc(C2C(CNC(=O)CCS(=O)(=O)C3CCCC3)CCCN2C)cc1. The predicted octanol–water partition coefficient (Wildman–Crippen LogP) is 2.94. The first-order valence-corrected chi connectivity index (χ1v) is 12.4. The maximum absolute atomic E-state index is 12.4. The quantitative estimate of drug-likeness (QED) is 0.697. The molecule has 3 rings (SSSR count). The molecule has 1 aromatic carbocycles. The molecule has 1 aromatic rings. The zero-order chi connectivity index (χ0) is 20.9. The zero-order valence-corrected chi connectivity index (χ0v) is 18.4. The van der Waals surface area contributed by atoms with E-state index in [-0.39, 0.29) is 29.4 Å². The number of likely N-dealkylation sites (tertiary alicyclic amines) is 1. The highest BCUT2D eigenvalue weighted by molar-refractivity contribution is 7.92. The molecule has 2 atom stereocenters. The fourth-order valence-corrected chi connectivity index (χ4v) is 6.64. The second-order valence-electron chi connectivity index (χ2n) is 8.43. The Hall–Kier alpha value is -1.60. The number of piperidine rings is 1. The maximum Gasteiger partial charge on any atom is 0.221 e. The normalized spacial score (nSPS) is 23.8. The Bertz CT molecular complexity index is 773. The average Bonchev–Trinajstić information content (AvgIpc) is 3.27. The molecule has 29 heavy (non-hydrogen) atoms. The average molecular weight is 423 g/mol. The van der Waals surface area contributed by atoms with E-state index in [0.717, 1.165) is 50.8 Å². The fraction of sp³-hybridized carbons (Fsp3) is 0.682. The van der Waals surface area contributed by atoms with Crippen molar-refractivity contribution in [2.45, 2.75) is 56.2 Å². The lowest BCUT2D eigenvalue weighted by molar-refractivity contribution is -0.121. The number of carbonyl (C=O) groups is 1. The monoisotopic (exact) mass is 422 g/mol. The minimum atomic E-state index is -3.15. The number of benzene rings is 1. The van der Waals surface area contributed by atoms with Crippen LogP contribution in [0, 0.1) is 5.92 Å². The van der Waals surface area contributed by atoms with Crippen molar-refractivity contribution >= 4 is 15.7 Å². The maximum atomic E-state index is 12.4. The second kappa shape index (κ2) is 9.94. The van der Waals surface area contributed by atoms with Crippen LogP contribution < -0.4 is 10.1 Å². The molecule has 1 aliphatic heterocycles. The summed E-state index contributed by atoms with van der Waals surface area (Å²) in [5, 5.41) is 2.77. The number of hydrogen-bond donors (Lipinski definition) is 1. The molecule has 1 saturated heterocycles. The molecule has 0 radical (unpaired) electrons. The number of methoxy groups -OCH3 is 1. The molecule has 7 heteroatoms. The molecule has 1 amide bonds. The summed E-state index contributed by atoms with van der Waals surface area (Å²) in [5.41, 5.74) is 1.22. The third kappa shape index (κ3) is 5.72. The highest BCUT2D eigenvalue weighted by Crippen LogP contribution is 2.35. The largest absolute Gasteiger partial charge is 0.497 e. The molecule has 6 nitrogen and oxygen atoms in total. The summed E-state index contributed by atoms with van der Waals surface area (Å²) in [4.78, 5) is 14.7. The number of sulfone groups is 1. The van der Waals surface area contributed by atoms with E-state index in [0.29, 0.717) is 12.5 Å². The lowest BCUT2D eigenvalue weighted by Gasteiger charge is -2.39. The zero-order valence-electron chi connectivity index (χ0n) is 17.6. The van der Waals surface area contributed by atoms with Gasteiger partial charge in [0.15, 0.2) is 9.84 Å². The minimum Gasteiger partial charge on any atom is -0.497 e. The molecule has 1 aliphatic carbocycles. The summed E-state index contributed by atoms with van der Waals surface area (Å²) in [6, 6.07) is 8.36. The van der Waals surface area contributed by atoms with E-state index in [9.17, 15) is 13.2 Å². The number of nitrogens with one attached hydrogen (secondary N) is 1. The minimum absolute atomic E-state index is 0.0318. The molecular weight excluding hydrogens is 388 g/mol. The first-order chi connectivity index (χ1) is 13.9. The number of rotatable bonds is 8. The van der Waals surface area contributed by atoms with Gasteiger partial charge in [0.2, 0.25) is 5.91 Å². The van der Waals surface area contributed by atoms with E-state index < -0.39 is 9.84 Å². The number of hydrogen-bond acceptors (Lipinski definition) is 5. The third-order valence-corrected chi connectivity index (χ3v) is 8.71. The molecule has 0 bridgehead atoms. The van der Waals surface area contributed by atoms with Crippen LogP contribution in [0.3, 0.4) is 0 Å². The second-order valence-corrected chi connectivity index (χ2v) is 10.8. The van der Waals surface area contributed by atoms with Crippen molar-refractivity contribution < 1.29 is 17.9 Å². The van der Waals surface area contributed by atoms with Gasteiger partial charge in [-0.3, -0.25) is 9.69 Å². The van der Waals surface area contributed by atoms with Crippen LogP contribution in [-0.2, 0) is 14.6 Å².